The molecule has 90 valence electrons. The summed E-state index contributed by atoms with van der Waals surface area (Å²) in [6.45, 7) is 1.70. The first-order valence-electron chi connectivity index (χ1n) is 5.16. The highest BCUT2D eigenvalue weighted by Gasteiger charge is 2.06. The van der Waals surface area contributed by atoms with E-state index in [1.165, 1.54) is 0 Å². The van der Waals surface area contributed by atoms with Crippen LogP contribution in [0.25, 0.3) is 0 Å². The monoisotopic (exact) mass is 243 g/mol. The van der Waals surface area contributed by atoms with Gasteiger partial charge in [0.1, 0.15) is 5.82 Å². The molecule has 1 N–H and O–H groups in total. The fraction of sp³-hybridized carbons (Fsp3) is 0.545. The van der Waals surface area contributed by atoms with E-state index in [4.69, 9.17) is 16.7 Å². The number of aromatic nitrogens is 1. The maximum absolute atomic E-state index is 9.07. The van der Waals surface area contributed by atoms with E-state index in [1.807, 2.05) is 32.1 Å². The summed E-state index contributed by atoms with van der Waals surface area (Å²) in [5.41, 5.74) is 0.524. The summed E-state index contributed by atoms with van der Waals surface area (Å²) in [7, 11) is 6.03. The Balaban J connectivity index is 2.72. The van der Waals surface area contributed by atoms with E-state index in [0.717, 1.165) is 18.9 Å². The maximum atomic E-state index is 9.07. The van der Waals surface area contributed by atoms with Crippen LogP contribution in [0, 0.1) is 0 Å². The molecule has 0 aliphatic carbocycles. The van der Waals surface area contributed by atoms with Gasteiger partial charge in [-0.1, -0.05) is 11.6 Å². The topological polar surface area (TPSA) is 39.6 Å². The van der Waals surface area contributed by atoms with Gasteiger partial charge in [0, 0.05) is 20.1 Å². The Morgan fingerprint density at radius 2 is 1.94 bits per heavy atom. The van der Waals surface area contributed by atoms with Gasteiger partial charge in [-0.2, -0.15) is 0 Å². The van der Waals surface area contributed by atoms with Crippen LogP contribution in [0.15, 0.2) is 12.1 Å². The van der Waals surface area contributed by atoms with Crippen molar-refractivity contribution in [2.45, 2.75) is 6.61 Å². The van der Waals surface area contributed by atoms with Crippen molar-refractivity contribution in [1.29, 1.82) is 0 Å². The van der Waals surface area contributed by atoms with Crippen LogP contribution in [0.1, 0.15) is 5.69 Å². The Kier molecular flexibility index (Phi) is 4.99. The average Bonchev–Trinajstić information content (AvgIpc) is 2.26. The second-order valence-electron chi connectivity index (χ2n) is 3.98. The highest BCUT2D eigenvalue weighted by molar-refractivity contribution is 6.31. The third kappa shape index (κ3) is 3.63. The zero-order valence-corrected chi connectivity index (χ0v) is 10.7. The summed E-state index contributed by atoms with van der Waals surface area (Å²) < 4.78 is 0. The lowest BCUT2D eigenvalue weighted by Crippen LogP contribution is -2.29. The minimum Gasteiger partial charge on any atom is -0.390 e. The molecule has 1 aromatic heterocycles. The van der Waals surface area contributed by atoms with E-state index in [-0.39, 0.29) is 6.61 Å². The Bertz CT molecular complexity index is 344. The molecule has 0 atom stereocenters. The van der Waals surface area contributed by atoms with Gasteiger partial charge in [-0.05, 0) is 26.2 Å². The zero-order chi connectivity index (χ0) is 12.1. The SMILES string of the molecule is CN(C)CCN(C)c1ccc(Cl)c(CO)n1. The fourth-order valence-corrected chi connectivity index (χ4v) is 1.43. The quantitative estimate of drug-likeness (QED) is 0.845. The van der Waals surface area contributed by atoms with Crippen molar-refractivity contribution in [2.24, 2.45) is 0 Å². The minimum atomic E-state index is -0.131. The van der Waals surface area contributed by atoms with Crippen LogP contribution < -0.4 is 4.90 Å². The molecule has 0 aromatic carbocycles. The fourth-order valence-electron chi connectivity index (χ4n) is 1.26. The van der Waals surface area contributed by atoms with E-state index in [1.54, 1.807) is 6.07 Å². The molecule has 16 heavy (non-hydrogen) atoms. The molecule has 0 bridgehead atoms. The lowest BCUT2D eigenvalue weighted by atomic mass is 10.3. The molecule has 5 heteroatoms. The maximum Gasteiger partial charge on any atom is 0.128 e. The predicted octanol–water partition coefficient (Wildman–Crippen LogP) is 1.23. The number of anilines is 1. The zero-order valence-electron chi connectivity index (χ0n) is 9.94. The number of aliphatic hydroxyl groups is 1. The normalized spacial score (nSPS) is 10.9. The molecule has 0 fully saturated rings. The van der Waals surface area contributed by atoms with Crippen molar-refractivity contribution < 1.29 is 5.11 Å². The number of rotatable bonds is 5. The standard InChI is InChI=1S/C11H18ClN3O/c1-14(2)6-7-15(3)11-5-4-9(12)10(8-16)13-11/h4-5,16H,6-8H2,1-3H3. The van der Waals surface area contributed by atoms with Gasteiger partial charge in [-0.25, -0.2) is 4.98 Å². The molecule has 1 rings (SSSR count). The van der Waals surface area contributed by atoms with Gasteiger partial charge in [0.2, 0.25) is 0 Å². The molecule has 1 heterocycles. The van der Waals surface area contributed by atoms with Gasteiger partial charge in [0.05, 0.1) is 17.3 Å². The number of halogens is 1. The van der Waals surface area contributed by atoms with Crippen molar-refractivity contribution in [3.8, 4) is 0 Å². The number of hydrogen-bond acceptors (Lipinski definition) is 4. The van der Waals surface area contributed by atoms with Crippen LogP contribution in [0.3, 0.4) is 0 Å². The van der Waals surface area contributed by atoms with E-state index in [2.05, 4.69) is 9.88 Å². The Morgan fingerprint density at radius 3 is 2.50 bits per heavy atom. The third-order valence-electron chi connectivity index (χ3n) is 2.33. The number of aliphatic hydroxyl groups excluding tert-OH is 1. The Morgan fingerprint density at radius 1 is 1.25 bits per heavy atom. The van der Waals surface area contributed by atoms with Crippen molar-refractivity contribution in [3.05, 3.63) is 22.8 Å². The first-order chi connectivity index (χ1) is 7.54. The van der Waals surface area contributed by atoms with E-state index in [0.29, 0.717) is 10.7 Å². The van der Waals surface area contributed by atoms with Crippen molar-refractivity contribution in [1.82, 2.24) is 9.88 Å². The van der Waals surface area contributed by atoms with Crippen LogP contribution in [-0.4, -0.2) is 49.2 Å². The van der Waals surface area contributed by atoms with E-state index < -0.39 is 0 Å². The van der Waals surface area contributed by atoms with Gasteiger partial charge in [-0.15, -0.1) is 0 Å². The Labute approximate surface area is 101 Å². The molecule has 0 aliphatic heterocycles. The summed E-state index contributed by atoms with van der Waals surface area (Å²) in [6.07, 6.45) is 0. The second-order valence-corrected chi connectivity index (χ2v) is 4.39. The summed E-state index contributed by atoms with van der Waals surface area (Å²) in [6, 6.07) is 3.62. The molecule has 0 radical (unpaired) electrons. The summed E-state index contributed by atoms with van der Waals surface area (Å²) in [4.78, 5) is 8.44. The van der Waals surface area contributed by atoms with Gasteiger partial charge in [0.15, 0.2) is 0 Å². The lowest BCUT2D eigenvalue weighted by Gasteiger charge is -2.21. The summed E-state index contributed by atoms with van der Waals surface area (Å²) in [5.74, 6) is 0.829. The molecule has 0 amide bonds. The first kappa shape index (κ1) is 13.2. The van der Waals surface area contributed by atoms with E-state index in [9.17, 15) is 0 Å². The van der Waals surface area contributed by atoms with Crippen LogP contribution in [0.4, 0.5) is 5.82 Å². The molecule has 0 aliphatic rings. The number of likely N-dealkylation sites (N-methyl/N-ethyl adjacent to an activating group) is 2. The van der Waals surface area contributed by atoms with Gasteiger partial charge in [-0.3, -0.25) is 0 Å². The smallest absolute Gasteiger partial charge is 0.128 e. The van der Waals surface area contributed by atoms with Crippen LogP contribution in [0.2, 0.25) is 5.02 Å². The number of nitrogens with zero attached hydrogens (tertiary/aromatic N) is 3. The first-order valence-corrected chi connectivity index (χ1v) is 5.54. The average molecular weight is 244 g/mol. The van der Waals surface area contributed by atoms with Crippen molar-refractivity contribution in [3.63, 3.8) is 0 Å². The molecule has 0 spiro atoms. The number of pyridine rings is 1. The molecule has 0 saturated carbocycles. The molecule has 1 aromatic rings. The van der Waals surface area contributed by atoms with Crippen molar-refractivity contribution in [2.75, 3.05) is 39.1 Å². The number of hydrogen-bond donors (Lipinski definition) is 1. The highest BCUT2D eigenvalue weighted by atomic mass is 35.5. The van der Waals surface area contributed by atoms with Crippen molar-refractivity contribution >= 4 is 17.4 Å². The van der Waals surface area contributed by atoms with Crippen LogP contribution >= 0.6 is 11.6 Å². The summed E-state index contributed by atoms with van der Waals surface area (Å²) in [5, 5.41) is 9.58. The predicted molar refractivity (Wildman–Crippen MR) is 67.0 cm³/mol. The minimum absolute atomic E-state index is 0.131. The van der Waals surface area contributed by atoms with Crippen LogP contribution in [0.5, 0.6) is 0 Å². The van der Waals surface area contributed by atoms with Gasteiger partial charge >= 0.3 is 0 Å². The van der Waals surface area contributed by atoms with Gasteiger partial charge < -0.3 is 14.9 Å². The lowest BCUT2D eigenvalue weighted by molar-refractivity contribution is 0.277. The molecule has 0 saturated heterocycles. The molecule has 4 nitrogen and oxygen atoms in total. The molecule has 0 unspecified atom stereocenters. The Hall–Kier alpha value is -0.840. The van der Waals surface area contributed by atoms with E-state index >= 15 is 0 Å². The summed E-state index contributed by atoms with van der Waals surface area (Å²) >= 11 is 5.88. The van der Waals surface area contributed by atoms with Crippen LogP contribution in [-0.2, 0) is 6.61 Å². The molecular formula is C11H18ClN3O. The third-order valence-corrected chi connectivity index (χ3v) is 2.67. The van der Waals surface area contributed by atoms with Gasteiger partial charge in [0.25, 0.3) is 0 Å². The molecular weight excluding hydrogens is 226 g/mol. The largest absolute Gasteiger partial charge is 0.390 e. The second kappa shape index (κ2) is 6.03. The highest BCUT2D eigenvalue weighted by Crippen LogP contribution is 2.18.